The highest BCUT2D eigenvalue weighted by Crippen LogP contribution is 2.26. The van der Waals surface area contributed by atoms with Crippen molar-refractivity contribution in [2.24, 2.45) is 7.05 Å². The molecular formula is C18H17N3O2. The molecule has 3 rings (SSSR count). The van der Waals surface area contributed by atoms with E-state index in [9.17, 15) is 9.90 Å². The molecule has 0 aliphatic heterocycles. The predicted octanol–water partition coefficient (Wildman–Crippen LogP) is 3.08. The summed E-state index contributed by atoms with van der Waals surface area (Å²) in [6.45, 7) is 2.02. The first-order valence-corrected chi connectivity index (χ1v) is 7.32. The molecule has 0 saturated carbocycles. The summed E-state index contributed by atoms with van der Waals surface area (Å²) >= 11 is 0. The van der Waals surface area contributed by atoms with Crippen molar-refractivity contribution in [3.8, 4) is 11.3 Å². The number of aromatic nitrogens is 3. The van der Waals surface area contributed by atoms with E-state index in [2.05, 4.69) is 10.1 Å². The summed E-state index contributed by atoms with van der Waals surface area (Å²) in [6.07, 6.45) is 3.59. The van der Waals surface area contributed by atoms with Crippen molar-refractivity contribution < 1.29 is 9.90 Å². The summed E-state index contributed by atoms with van der Waals surface area (Å²) in [5.41, 5.74) is 4.98. The van der Waals surface area contributed by atoms with Gasteiger partial charge < -0.3 is 5.11 Å². The van der Waals surface area contributed by atoms with Crippen LogP contribution in [0.5, 0.6) is 0 Å². The number of aromatic carboxylic acids is 1. The van der Waals surface area contributed by atoms with E-state index < -0.39 is 5.97 Å². The quantitative estimate of drug-likeness (QED) is 0.804. The lowest BCUT2D eigenvalue weighted by Crippen LogP contribution is -2.07. The summed E-state index contributed by atoms with van der Waals surface area (Å²) in [4.78, 5) is 15.4. The number of benzene rings is 1. The maximum atomic E-state index is 11.4. The zero-order chi connectivity index (χ0) is 16.4. The highest BCUT2D eigenvalue weighted by molar-refractivity contribution is 5.89. The molecule has 0 radical (unpaired) electrons. The Morgan fingerprint density at radius 2 is 1.96 bits per heavy atom. The Kier molecular flexibility index (Phi) is 3.93. The minimum Gasteiger partial charge on any atom is -0.478 e. The summed E-state index contributed by atoms with van der Waals surface area (Å²) in [7, 11) is 1.88. The molecule has 2 heterocycles. The average Bonchev–Trinajstić information content (AvgIpc) is 2.84. The third-order valence-electron chi connectivity index (χ3n) is 3.97. The molecule has 23 heavy (non-hydrogen) atoms. The Bertz CT molecular complexity index is 854. The second-order valence-corrected chi connectivity index (χ2v) is 5.42. The van der Waals surface area contributed by atoms with Crippen LogP contribution in [-0.2, 0) is 13.5 Å². The lowest BCUT2D eigenvalue weighted by atomic mass is 10.0. The third-order valence-corrected chi connectivity index (χ3v) is 3.97. The molecule has 0 aliphatic carbocycles. The van der Waals surface area contributed by atoms with Gasteiger partial charge in [0.1, 0.15) is 0 Å². The largest absolute Gasteiger partial charge is 0.478 e. The molecule has 3 aromatic rings. The van der Waals surface area contributed by atoms with Crippen molar-refractivity contribution in [1.29, 1.82) is 0 Å². The molecule has 0 spiro atoms. The van der Waals surface area contributed by atoms with Crippen molar-refractivity contribution >= 4 is 5.97 Å². The predicted molar refractivity (Wildman–Crippen MR) is 87.4 cm³/mol. The normalized spacial score (nSPS) is 10.7. The lowest BCUT2D eigenvalue weighted by molar-refractivity contribution is 0.0695. The molecule has 0 saturated heterocycles. The monoisotopic (exact) mass is 307 g/mol. The van der Waals surface area contributed by atoms with Crippen LogP contribution in [-0.4, -0.2) is 25.8 Å². The smallest absolute Gasteiger partial charge is 0.336 e. The first-order chi connectivity index (χ1) is 11.1. The average molecular weight is 307 g/mol. The Morgan fingerprint density at radius 3 is 2.65 bits per heavy atom. The van der Waals surface area contributed by atoms with Crippen LogP contribution in [0, 0.1) is 6.92 Å². The van der Waals surface area contributed by atoms with Crippen molar-refractivity contribution in [2.75, 3.05) is 0 Å². The maximum absolute atomic E-state index is 11.4. The third kappa shape index (κ3) is 2.85. The fourth-order valence-electron chi connectivity index (χ4n) is 2.74. The van der Waals surface area contributed by atoms with E-state index in [0.29, 0.717) is 12.0 Å². The van der Waals surface area contributed by atoms with Crippen molar-refractivity contribution in [1.82, 2.24) is 14.8 Å². The lowest BCUT2D eigenvalue weighted by Gasteiger charge is -2.07. The molecule has 1 aromatic carbocycles. The number of carboxylic acids is 1. The van der Waals surface area contributed by atoms with Gasteiger partial charge in [0, 0.05) is 37.1 Å². The first-order valence-electron chi connectivity index (χ1n) is 7.32. The minimum atomic E-state index is -0.939. The van der Waals surface area contributed by atoms with Crippen LogP contribution in [0.4, 0.5) is 0 Å². The van der Waals surface area contributed by atoms with Crippen LogP contribution in [0.15, 0.2) is 48.8 Å². The fourth-order valence-corrected chi connectivity index (χ4v) is 2.74. The molecule has 1 N–H and O–H groups in total. The van der Waals surface area contributed by atoms with E-state index in [1.807, 2.05) is 49.0 Å². The van der Waals surface area contributed by atoms with Gasteiger partial charge in [-0.1, -0.05) is 30.3 Å². The number of hydrogen-bond acceptors (Lipinski definition) is 3. The number of carboxylic acid groups (broad SMARTS) is 1. The van der Waals surface area contributed by atoms with Crippen LogP contribution in [0.3, 0.4) is 0 Å². The van der Waals surface area contributed by atoms with Crippen LogP contribution in [0.2, 0.25) is 0 Å². The molecule has 2 aromatic heterocycles. The van der Waals surface area contributed by atoms with E-state index in [-0.39, 0.29) is 5.56 Å². The summed E-state index contributed by atoms with van der Waals surface area (Å²) < 4.78 is 1.82. The van der Waals surface area contributed by atoms with Crippen molar-refractivity contribution in [3.63, 3.8) is 0 Å². The molecule has 0 unspecified atom stereocenters. The Labute approximate surface area is 134 Å². The molecule has 116 valence electrons. The van der Waals surface area contributed by atoms with Crippen molar-refractivity contribution in [3.05, 3.63) is 71.2 Å². The molecule has 0 aliphatic rings. The molecule has 0 atom stereocenters. The molecule has 0 amide bonds. The van der Waals surface area contributed by atoms with Gasteiger partial charge in [0.15, 0.2) is 0 Å². The van der Waals surface area contributed by atoms with Gasteiger partial charge >= 0.3 is 5.97 Å². The van der Waals surface area contributed by atoms with E-state index >= 15 is 0 Å². The number of rotatable bonds is 4. The van der Waals surface area contributed by atoms with E-state index in [0.717, 1.165) is 22.5 Å². The summed E-state index contributed by atoms with van der Waals surface area (Å²) in [5.74, 6) is -0.939. The van der Waals surface area contributed by atoms with Crippen LogP contribution in [0.25, 0.3) is 11.3 Å². The topological polar surface area (TPSA) is 68.0 Å². The number of carbonyl (C=O) groups is 1. The van der Waals surface area contributed by atoms with Crippen LogP contribution in [0.1, 0.15) is 27.2 Å². The zero-order valence-electron chi connectivity index (χ0n) is 13.0. The Morgan fingerprint density at radius 1 is 1.22 bits per heavy atom. The SMILES string of the molecule is Cc1c(-c2ccccc2)nn(C)c1Cc1cnccc1C(=O)O. The summed E-state index contributed by atoms with van der Waals surface area (Å²) in [6, 6.07) is 11.5. The van der Waals surface area contributed by atoms with Crippen molar-refractivity contribution in [2.45, 2.75) is 13.3 Å². The van der Waals surface area contributed by atoms with Gasteiger partial charge in [0.25, 0.3) is 0 Å². The van der Waals surface area contributed by atoms with Gasteiger partial charge in [-0.05, 0) is 24.1 Å². The number of nitrogens with zero attached hydrogens (tertiary/aromatic N) is 3. The Balaban J connectivity index is 2.03. The molecule has 5 heteroatoms. The highest BCUT2D eigenvalue weighted by Gasteiger charge is 2.17. The van der Waals surface area contributed by atoms with E-state index in [1.54, 1.807) is 6.20 Å². The fraction of sp³-hybridized carbons (Fsp3) is 0.167. The molecule has 0 bridgehead atoms. The molecule has 0 fully saturated rings. The second-order valence-electron chi connectivity index (χ2n) is 5.42. The number of pyridine rings is 1. The second kappa shape index (κ2) is 6.04. The van der Waals surface area contributed by atoms with E-state index in [4.69, 9.17) is 0 Å². The van der Waals surface area contributed by atoms with Crippen LogP contribution < -0.4 is 0 Å². The number of aryl methyl sites for hydroxylation is 1. The standard InChI is InChI=1S/C18H17N3O2/c1-12-16(10-14-11-19-9-8-15(14)18(22)23)21(2)20-17(12)13-6-4-3-5-7-13/h3-9,11H,10H2,1-2H3,(H,22,23). The van der Waals surface area contributed by atoms with Gasteiger partial charge in [-0.25, -0.2) is 4.79 Å². The summed E-state index contributed by atoms with van der Waals surface area (Å²) in [5, 5.41) is 13.9. The van der Waals surface area contributed by atoms with Gasteiger partial charge in [-0.3, -0.25) is 9.67 Å². The number of hydrogen-bond donors (Lipinski definition) is 1. The van der Waals surface area contributed by atoms with Crippen LogP contribution >= 0.6 is 0 Å². The van der Waals surface area contributed by atoms with Gasteiger partial charge in [-0.15, -0.1) is 0 Å². The van der Waals surface area contributed by atoms with Gasteiger partial charge in [0.2, 0.25) is 0 Å². The van der Waals surface area contributed by atoms with E-state index in [1.165, 1.54) is 12.3 Å². The molecular weight excluding hydrogens is 290 g/mol. The van der Waals surface area contributed by atoms with Gasteiger partial charge in [0.05, 0.1) is 11.3 Å². The molecule has 5 nitrogen and oxygen atoms in total. The highest BCUT2D eigenvalue weighted by atomic mass is 16.4. The van der Waals surface area contributed by atoms with Gasteiger partial charge in [-0.2, -0.15) is 5.10 Å². The Hall–Kier alpha value is -2.95. The maximum Gasteiger partial charge on any atom is 0.336 e. The first kappa shape index (κ1) is 15.0. The minimum absolute atomic E-state index is 0.280. The zero-order valence-corrected chi connectivity index (χ0v) is 13.0.